The van der Waals surface area contributed by atoms with Crippen LogP contribution in [0.2, 0.25) is 0 Å². The van der Waals surface area contributed by atoms with E-state index < -0.39 is 12.3 Å². The Kier molecular flexibility index (Phi) is 2.97. The summed E-state index contributed by atoms with van der Waals surface area (Å²) in [6, 6.07) is 1.22. The molecule has 0 spiro atoms. The smallest absolute Gasteiger partial charge is 0.251 e. The predicted molar refractivity (Wildman–Crippen MR) is 48.8 cm³/mol. The second-order valence-corrected chi connectivity index (χ2v) is 3.06. The summed E-state index contributed by atoms with van der Waals surface area (Å²) in [5.74, 6) is 0. The molecule has 0 fully saturated rings. The Labute approximate surface area is 79.3 Å². The number of H-pyrrole nitrogens is 1. The minimum atomic E-state index is -1.13. The summed E-state index contributed by atoms with van der Waals surface area (Å²) < 4.78 is 1.29. The number of hydrogen-bond donors (Lipinski definition) is 3. The zero-order chi connectivity index (χ0) is 10.0. The number of nitrogens with zero attached hydrogens (tertiary/aromatic N) is 1. The van der Waals surface area contributed by atoms with Crippen molar-refractivity contribution in [1.29, 1.82) is 0 Å². The van der Waals surface area contributed by atoms with Crippen molar-refractivity contribution in [2.24, 2.45) is 0 Å². The van der Waals surface area contributed by atoms with Gasteiger partial charge in [-0.2, -0.15) is 0 Å². The maximum atomic E-state index is 10.8. The van der Waals surface area contributed by atoms with Crippen LogP contribution in [0.5, 0.6) is 0 Å². The normalized spacial score (nSPS) is 15.3. The van der Waals surface area contributed by atoms with E-state index >= 15 is 0 Å². The van der Waals surface area contributed by atoms with Gasteiger partial charge < -0.3 is 10.2 Å². The second-order valence-electron chi connectivity index (χ2n) is 2.67. The van der Waals surface area contributed by atoms with Gasteiger partial charge in [-0.3, -0.25) is 14.3 Å². The first-order valence-electron chi connectivity index (χ1n) is 3.70. The molecular formula is C7H10N2O3S. The molecular weight excluding hydrogens is 192 g/mol. The molecule has 1 aromatic rings. The van der Waals surface area contributed by atoms with Crippen molar-refractivity contribution in [2.45, 2.75) is 19.3 Å². The van der Waals surface area contributed by atoms with E-state index in [0.717, 1.165) is 0 Å². The summed E-state index contributed by atoms with van der Waals surface area (Å²) in [5, 5.41) is 18.5. The summed E-state index contributed by atoms with van der Waals surface area (Å²) in [6.07, 6.45) is -0.750. The zero-order valence-electron chi connectivity index (χ0n) is 6.97. The van der Waals surface area contributed by atoms with Gasteiger partial charge in [0.2, 0.25) is 0 Å². The molecule has 6 heteroatoms. The van der Waals surface area contributed by atoms with Crippen LogP contribution in [0.3, 0.4) is 0 Å². The molecule has 72 valence electrons. The highest BCUT2D eigenvalue weighted by atomic mass is 32.1. The molecule has 0 saturated heterocycles. The van der Waals surface area contributed by atoms with Crippen LogP contribution >= 0.6 is 12.2 Å². The minimum Gasteiger partial charge on any atom is -0.389 e. The fraction of sp³-hybridized carbons (Fsp3) is 0.429. The summed E-state index contributed by atoms with van der Waals surface area (Å²) in [6.45, 7) is 1.43. The first-order chi connectivity index (χ1) is 6.02. The largest absolute Gasteiger partial charge is 0.389 e. The first kappa shape index (κ1) is 10.1. The standard InChI is InChI=1S/C7H10N2O3S/c1-4(10)6(12)9-3-2-5(11)8-7(9)13/h2-4,6,10,12H,1H3,(H,8,11,13). The van der Waals surface area contributed by atoms with Crippen LogP contribution in [-0.2, 0) is 0 Å². The first-order valence-corrected chi connectivity index (χ1v) is 4.11. The van der Waals surface area contributed by atoms with Crippen LogP contribution in [0.1, 0.15) is 13.2 Å². The number of nitrogens with one attached hydrogen (secondary N) is 1. The lowest BCUT2D eigenvalue weighted by molar-refractivity contribution is -0.0197. The summed E-state index contributed by atoms with van der Waals surface area (Å²) in [4.78, 5) is 13.1. The van der Waals surface area contributed by atoms with E-state index in [1.54, 1.807) is 0 Å². The van der Waals surface area contributed by atoms with E-state index in [1.165, 1.54) is 23.8 Å². The lowest BCUT2D eigenvalue weighted by atomic mass is 10.3. The fourth-order valence-corrected chi connectivity index (χ4v) is 1.14. The zero-order valence-corrected chi connectivity index (χ0v) is 7.78. The Balaban J connectivity index is 3.17. The van der Waals surface area contributed by atoms with Gasteiger partial charge in [-0.05, 0) is 19.1 Å². The topological polar surface area (TPSA) is 78.2 Å². The van der Waals surface area contributed by atoms with Crippen LogP contribution in [0.4, 0.5) is 0 Å². The maximum absolute atomic E-state index is 10.8. The summed E-state index contributed by atoms with van der Waals surface area (Å²) >= 11 is 4.77. The van der Waals surface area contributed by atoms with Gasteiger partial charge in [0.1, 0.15) is 0 Å². The van der Waals surface area contributed by atoms with Gasteiger partial charge >= 0.3 is 0 Å². The fourth-order valence-electron chi connectivity index (χ4n) is 0.868. The quantitative estimate of drug-likeness (QED) is 0.579. The molecule has 0 amide bonds. The number of rotatable bonds is 2. The Bertz CT molecular complexity index is 395. The molecule has 1 rings (SSSR count). The third-order valence-corrected chi connectivity index (χ3v) is 1.88. The second kappa shape index (κ2) is 3.82. The Morgan fingerprint density at radius 3 is 2.69 bits per heavy atom. The van der Waals surface area contributed by atoms with Crippen molar-refractivity contribution in [3.8, 4) is 0 Å². The molecule has 0 aromatic carbocycles. The van der Waals surface area contributed by atoms with Crippen molar-refractivity contribution >= 4 is 12.2 Å². The van der Waals surface area contributed by atoms with Crippen LogP contribution in [0, 0.1) is 4.77 Å². The van der Waals surface area contributed by atoms with Crippen LogP contribution in [0.15, 0.2) is 17.1 Å². The van der Waals surface area contributed by atoms with E-state index in [2.05, 4.69) is 4.98 Å². The number of aliphatic hydroxyl groups excluding tert-OH is 2. The van der Waals surface area contributed by atoms with E-state index in [4.69, 9.17) is 17.3 Å². The van der Waals surface area contributed by atoms with E-state index in [1.807, 2.05) is 0 Å². The average Bonchev–Trinajstić information content (AvgIpc) is 2.03. The van der Waals surface area contributed by atoms with Crippen molar-refractivity contribution in [3.05, 3.63) is 27.4 Å². The van der Waals surface area contributed by atoms with E-state index in [0.29, 0.717) is 0 Å². The van der Waals surface area contributed by atoms with Gasteiger partial charge in [-0.1, -0.05) is 0 Å². The highest BCUT2D eigenvalue weighted by Crippen LogP contribution is 2.05. The van der Waals surface area contributed by atoms with Gasteiger partial charge in [0, 0.05) is 12.3 Å². The number of aliphatic hydroxyl groups is 2. The third kappa shape index (κ3) is 2.24. The average molecular weight is 202 g/mol. The Morgan fingerprint density at radius 1 is 1.62 bits per heavy atom. The lowest BCUT2D eigenvalue weighted by Gasteiger charge is -2.16. The van der Waals surface area contributed by atoms with E-state index in [-0.39, 0.29) is 10.3 Å². The highest BCUT2D eigenvalue weighted by molar-refractivity contribution is 7.71. The molecule has 0 saturated carbocycles. The summed E-state index contributed by atoms with van der Waals surface area (Å²) in [7, 11) is 0. The number of aromatic amines is 1. The molecule has 2 atom stereocenters. The lowest BCUT2D eigenvalue weighted by Crippen LogP contribution is -2.23. The highest BCUT2D eigenvalue weighted by Gasteiger charge is 2.12. The van der Waals surface area contributed by atoms with Crippen LogP contribution < -0.4 is 5.56 Å². The summed E-state index contributed by atoms with van der Waals surface area (Å²) in [5.41, 5.74) is -0.334. The van der Waals surface area contributed by atoms with Gasteiger partial charge in [0.25, 0.3) is 5.56 Å². The van der Waals surface area contributed by atoms with Crippen molar-refractivity contribution in [1.82, 2.24) is 9.55 Å². The van der Waals surface area contributed by atoms with Crippen LogP contribution in [-0.4, -0.2) is 25.9 Å². The van der Waals surface area contributed by atoms with E-state index in [9.17, 15) is 9.90 Å². The molecule has 3 N–H and O–H groups in total. The monoisotopic (exact) mass is 202 g/mol. The molecule has 2 unspecified atom stereocenters. The number of aromatic nitrogens is 2. The van der Waals surface area contributed by atoms with Gasteiger partial charge in [0.05, 0.1) is 6.10 Å². The molecule has 0 radical (unpaired) electrons. The van der Waals surface area contributed by atoms with Gasteiger partial charge in [0.15, 0.2) is 11.0 Å². The minimum absolute atomic E-state index is 0.0842. The Morgan fingerprint density at radius 2 is 2.23 bits per heavy atom. The molecule has 1 aromatic heterocycles. The molecule has 13 heavy (non-hydrogen) atoms. The number of hydrogen-bond acceptors (Lipinski definition) is 4. The molecule has 0 aliphatic heterocycles. The SMILES string of the molecule is CC(O)C(O)n1ccc(=O)[nH]c1=S. The molecule has 0 aliphatic rings. The predicted octanol–water partition coefficient (Wildman–Crippen LogP) is -0.222. The van der Waals surface area contributed by atoms with Crippen molar-refractivity contribution in [2.75, 3.05) is 0 Å². The van der Waals surface area contributed by atoms with Gasteiger partial charge in [-0.25, -0.2) is 0 Å². The van der Waals surface area contributed by atoms with Gasteiger partial charge in [-0.15, -0.1) is 0 Å². The van der Waals surface area contributed by atoms with Crippen molar-refractivity contribution < 1.29 is 10.2 Å². The van der Waals surface area contributed by atoms with Crippen molar-refractivity contribution in [3.63, 3.8) is 0 Å². The molecule has 1 heterocycles. The maximum Gasteiger partial charge on any atom is 0.251 e. The third-order valence-electron chi connectivity index (χ3n) is 1.57. The molecule has 5 nitrogen and oxygen atoms in total. The Hall–Kier alpha value is -0.980. The molecule has 0 bridgehead atoms. The molecule has 0 aliphatic carbocycles. The van der Waals surface area contributed by atoms with Crippen LogP contribution in [0.25, 0.3) is 0 Å².